The molecule has 1 amide bonds. The fourth-order valence-corrected chi connectivity index (χ4v) is 3.05. The molecule has 0 radical (unpaired) electrons. The van der Waals surface area contributed by atoms with Gasteiger partial charge in [0.1, 0.15) is 5.75 Å². The van der Waals surface area contributed by atoms with Crippen LogP contribution in [0.1, 0.15) is 17.0 Å². The molecule has 26 heavy (non-hydrogen) atoms. The number of hydrogen-bond donors (Lipinski definition) is 1. The van der Waals surface area contributed by atoms with Crippen LogP contribution >= 0.6 is 11.6 Å². The summed E-state index contributed by atoms with van der Waals surface area (Å²) < 4.78 is 6.98. The molecule has 3 aromatic rings. The van der Waals surface area contributed by atoms with E-state index in [1.807, 2.05) is 48.9 Å². The molecular weight excluding hydrogens is 350 g/mol. The maximum Gasteiger partial charge on any atom is 0.228 e. The monoisotopic (exact) mass is 369 g/mol. The molecule has 5 nitrogen and oxygen atoms in total. The summed E-state index contributed by atoms with van der Waals surface area (Å²) >= 11 is 6.19. The first-order valence-electron chi connectivity index (χ1n) is 8.23. The Balaban J connectivity index is 1.79. The van der Waals surface area contributed by atoms with Gasteiger partial charge in [-0.15, -0.1) is 0 Å². The zero-order chi connectivity index (χ0) is 18.7. The van der Waals surface area contributed by atoms with Crippen molar-refractivity contribution >= 4 is 23.2 Å². The molecule has 1 heterocycles. The van der Waals surface area contributed by atoms with Gasteiger partial charge < -0.3 is 10.1 Å². The Morgan fingerprint density at radius 2 is 1.92 bits per heavy atom. The maximum absolute atomic E-state index is 12.5. The van der Waals surface area contributed by atoms with Crippen molar-refractivity contribution in [3.8, 4) is 11.4 Å². The van der Waals surface area contributed by atoms with Crippen molar-refractivity contribution < 1.29 is 9.53 Å². The van der Waals surface area contributed by atoms with Gasteiger partial charge in [0.25, 0.3) is 0 Å². The van der Waals surface area contributed by atoms with Gasteiger partial charge in [0, 0.05) is 17.3 Å². The van der Waals surface area contributed by atoms with Crippen LogP contribution in [0.5, 0.6) is 5.75 Å². The van der Waals surface area contributed by atoms with Crippen LogP contribution in [0.2, 0.25) is 5.02 Å². The third-order valence-electron chi connectivity index (χ3n) is 4.23. The zero-order valence-electron chi connectivity index (χ0n) is 14.9. The second-order valence-corrected chi connectivity index (χ2v) is 6.37. The molecule has 0 spiro atoms. The summed E-state index contributed by atoms with van der Waals surface area (Å²) in [6.45, 7) is 3.88. The molecule has 134 valence electrons. The normalized spacial score (nSPS) is 10.6. The molecule has 0 aliphatic rings. The van der Waals surface area contributed by atoms with E-state index >= 15 is 0 Å². The summed E-state index contributed by atoms with van der Waals surface area (Å²) in [6, 6.07) is 15.0. The van der Waals surface area contributed by atoms with E-state index in [2.05, 4.69) is 10.4 Å². The molecule has 0 aliphatic carbocycles. The van der Waals surface area contributed by atoms with Crippen molar-refractivity contribution in [1.82, 2.24) is 9.78 Å². The topological polar surface area (TPSA) is 56.1 Å². The van der Waals surface area contributed by atoms with Crippen LogP contribution in [0.15, 0.2) is 48.5 Å². The Morgan fingerprint density at radius 3 is 2.58 bits per heavy atom. The van der Waals surface area contributed by atoms with Crippen LogP contribution in [0, 0.1) is 13.8 Å². The summed E-state index contributed by atoms with van der Waals surface area (Å²) in [5.74, 6) is 0.500. The number of rotatable bonds is 5. The lowest BCUT2D eigenvalue weighted by Gasteiger charge is -2.09. The standard InChI is InChI=1S/C20H20ClN3O2/c1-13-17(14(2)24(23-13)15-7-5-4-6-8-15)12-20(25)22-19-10-9-16(26-3)11-18(19)21/h4-11H,12H2,1-3H3,(H,22,25). The lowest BCUT2D eigenvalue weighted by Crippen LogP contribution is -2.15. The average molecular weight is 370 g/mol. The Hall–Kier alpha value is -2.79. The summed E-state index contributed by atoms with van der Waals surface area (Å²) in [6.07, 6.45) is 0.229. The van der Waals surface area contributed by atoms with E-state index in [1.165, 1.54) is 0 Å². The van der Waals surface area contributed by atoms with Gasteiger partial charge in [0.15, 0.2) is 0 Å². The average Bonchev–Trinajstić information content (AvgIpc) is 2.92. The highest BCUT2D eigenvalue weighted by Gasteiger charge is 2.16. The van der Waals surface area contributed by atoms with Gasteiger partial charge in [-0.2, -0.15) is 5.10 Å². The minimum atomic E-state index is -0.143. The van der Waals surface area contributed by atoms with E-state index in [4.69, 9.17) is 16.3 Å². The smallest absolute Gasteiger partial charge is 0.228 e. The fourth-order valence-electron chi connectivity index (χ4n) is 2.83. The number of para-hydroxylation sites is 1. The van der Waals surface area contributed by atoms with Gasteiger partial charge in [-0.05, 0) is 38.1 Å². The highest BCUT2D eigenvalue weighted by molar-refractivity contribution is 6.33. The minimum Gasteiger partial charge on any atom is -0.497 e. The summed E-state index contributed by atoms with van der Waals surface area (Å²) in [4.78, 5) is 12.5. The number of benzene rings is 2. The number of nitrogens with one attached hydrogen (secondary N) is 1. The van der Waals surface area contributed by atoms with Crippen molar-refractivity contribution in [3.05, 3.63) is 70.5 Å². The minimum absolute atomic E-state index is 0.143. The number of methoxy groups -OCH3 is 1. The van der Waals surface area contributed by atoms with E-state index in [9.17, 15) is 4.79 Å². The molecule has 2 aromatic carbocycles. The molecule has 0 aliphatic heterocycles. The van der Waals surface area contributed by atoms with Gasteiger partial charge in [0.05, 0.1) is 35.6 Å². The van der Waals surface area contributed by atoms with E-state index in [-0.39, 0.29) is 12.3 Å². The molecule has 0 bridgehead atoms. The third-order valence-corrected chi connectivity index (χ3v) is 4.54. The van der Waals surface area contributed by atoms with Crippen LogP contribution in [0.4, 0.5) is 5.69 Å². The molecule has 0 unspecified atom stereocenters. The summed E-state index contributed by atoms with van der Waals surface area (Å²) in [5, 5.41) is 7.86. The molecule has 1 N–H and O–H groups in total. The first-order valence-corrected chi connectivity index (χ1v) is 8.61. The number of halogens is 1. The van der Waals surface area contributed by atoms with Crippen LogP contribution < -0.4 is 10.1 Å². The van der Waals surface area contributed by atoms with Gasteiger partial charge >= 0.3 is 0 Å². The second-order valence-electron chi connectivity index (χ2n) is 5.97. The quantitative estimate of drug-likeness (QED) is 0.728. The Labute approximate surface area is 157 Å². The SMILES string of the molecule is COc1ccc(NC(=O)Cc2c(C)nn(-c3ccccc3)c2C)c(Cl)c1. The van der Waals surface area contributed by atoms with Crippen LogP contribution in [0.25, 0.3) is 5.69 Å². The number of carbonyl (C=O) groups is 1. The number of ether oxygens (including phenoxy) is 1. The van der Waals surface area contributed by atoms with E-state index < -0.39 is 0 Å². The number of hydrogen-bond acceptors (Lipinski definition) is 3. The van der Waals surface area contributed by atoms with Crippen molar-refractivity contribution in [2.75, 3.05) is 12.4 Å². The van der Waals surface area contributed by atoms with Gasteiger partial charge in [-0.1, -0.05) is 29.8 Å². The Morgan fingerprint density at radius 1 is 1.19 bits per heavy atom. The van der Waals surface area contributed by atoms with Gasteiger partial charge in [0.2, 0.25) is 5.91 Å². The number of aromatic nitrogens is 2. The molecule has 0 saturated heterocycles. The highest BCUT2D eigenvalue weighted by Crippen LogP contribution is 2.27. The van der Waals surface area contributed by atoms with E-state index in [0.717, 1.165) is 22.6 Å². The predicted molar refractivity (Wildman–Crippen MR) is 103 cm³/mol. The summed E-state index contributed by atoms with van der Waals surface area (Å²) in [7, 11) is 1.57. The van der Waals surface area contributed by atoms with Gasteiger partial charge in [-0.3, -0.25) is 4.79 Å². The van der Waals surface area contributed by atoms with Crippen molar-refractivity contribution in [2.24, 2.45) is 0 Å². The molecule has 0 fully saturated rings. The number of aryl methyl sites for hydroxylation is 1. The van der Waals surface area contributed by atoms with Gasteiger partial charge in [-0.25, -0.2) is 4.68 Å². The molecule has 6 heteroatoms. The van der Waals surface area contributed by atoms with Crippen molar-refractivity contribution in [3.63, 3.8) is 0 Å². The number of anilines is 1. The third kappa shape index (κ3) is 3.73. The molecule has 0 atom stereocenters. The van der Waals surface area contributed by atoms with E-state index in [1.54, 1.807) is 25.3 Å². The van der Waals surface area contributed by atoms with Crippen molar-refractivity contribution in [1.29, 1.82) is 0 Å². The zero-order valence-corrected chi connectivity index (χ0v) is 15.7. The number of amides is 1. The lowest BCUT2D eigenvalue weighted by atomic mass is 10.1. The maximum atomic E-state index is 12.5. The first-order chi connectivity index (χ1) is 12.5. The predicted octanol–water partition coefficient (Wildman–Crippen LogP) is 4.33. The van der Waals surface area contributed by atoms with Crippen LogP contribution in [-0.2, 0) is 11.2 Å². The lowest BCUT2D eigenvalue weighted by molar-refractivity contribution is -0.115. The van der Waals surface area contributed by atoms with Crippen LogP contribution in [0.3, 0.4) is 0 Å². The molecule has 0 saturated carbocycles. The molecule has 1 aromatic heterocycles. The molecular formula is C20H20ClN3O2. The number of carbonyl (C=O) groups excluding carboxylic acids is 1. The second kappa shape index (κ2) is 7.62. The number of nitrogens with zero attached hydrogens (tertiary/aromatic N) is 2. The Bertz CT molecular complexity index is 936. The highest BCUT2D eigenvalue weighted by atomic mass is 35.5. The largest absolute Gasteiger partial charge is 0.497 e. The molecule has 3 rings (SSSR count). The Kier molecular flexibility index (Phi) is 5.28. The summed E-state index contributed by atoms with van der Waals surface area (Å²) in [5.41, 5.74) is 4.23. The van der Waals surface area contributed by atoms with Crippen molar-refractivity contribution in [2.45, 2.75) is 20.3 Å². The first kappa shape index (κ1) is 18.0. The fraction of sp³-hybridized carbons (Fsp3) is 0.200. The van der Waals surface area contributed by atoms with E-state index in [0.29, 0.717) is 16.5 Å². The van der Waals surface area contributed by atoms with Crippen LogP contribution in [-0.4, -0.2) is 22.8 Å².